The number of hydrogen-bond donors (Lipinski definition) is 1. The van der Waals surface area contributed by atoms with Gasteiger partial charge in [-0.3, -0.25) is 4.98 Å². The van der Waals surface area contributed by atoms with Crippen molar-refractivity contribution in [3.8, 4) is 0 Å². The Hall–Kier alpha value is -1.72. The van der Waals surface area contributed by atoms with E-state index in [1.165, 1.54) is 25.3 Å². The van der Waals surface area contributed by atoms with E-state index in [4.69, 9.17) is 4.74 Å². The molecule has 2 heterocycles. The summed E-state index contributed by atoms with van der Waals surface area (Å²) in [6, 6.07) is 3.65. The van der Waals surface area contributed by atoms with Gasteiger partial charge in [0.2, 0.25) is 0 Å². The third kappa shape index (κ3) is 6.06. The zero-order chi connectivity index (χ0) is 14.9. The Bertz CT molecular complexity index is 456. The Morgan fingerprint density at radius 3 is 2.95 bits per heavy atom. The van der Waals surface area contributed by atoms with E-state index >= 15 is 0 Å². The number of carbonyl (C=O) groups excluding carboxylic acids is 1. The highest BCUT2D eigenvalue weighted by Crippen LogP contribution is 2.09. The summed E-state index contributed by atoms with van der Waals surface area (Å²) in [4.78, 5) is 17.7. The third-order valence-corrected chi connectivity index (χ3v) is 3.43. The fraction of sp³-hybridized carbons (Fsp3) is 0.500. The van der Waals surface area contributed by atoms with E-state index in [0.29, 0.717) is 6.54 Å². The maximum Gasteiger partial charge on any atom is 0.330 e. The molecule has 0 aromatic carbocycles. The molecule has 0 spiro atoms. The van der Waals surface area contributed by atoms with Crippen LogP contribution in [0.3, 0.4) is 0 Å². The second-order valence-corrected chi connectivity index (χ2v) is 5.26. The Balaban J connectivity index is 1.67. The highest BCUT2D eigenvalue weighted by Gasteiger charge is 2.15. The summed E-state index contributed by atoms with van der Waals surface area (Å²) in [6.45, 7) is 2.64. The van der Waals surface area contributed by atoms with Crippen molar-refractivity contribution in [2.45, 2.75) is 25.4 Å². The number of esters is 1. The molecule has 1 aromatic rings. The van der Waals surface area contributed by atoms with E-state index in [9.17, 15) is 9.90 Å². The predicted octanol–water partition coefficient (Wildman–Crippen LogP) is 1.48. The van der Waals surface area contributed by atoms with Gasteiger partial charge >= 0.3 is 5.97 Å². The van der Waals surface area contributed by atoms with E-state index < -0.39 is 12.1 Å². The van der Waals surface area contributed by atoms with Gasteiger partial charge in [-0.25, -0.2) is 4.79 Å². The Morgan fingerprint density at radius 1 is 1.43 bits per heavy atom. The number of rotatable bonds is 6. The molecule has 1 saturated heterocycles. The summed E-state index contributed by atoms with van der Waals surface area (Å²) >= 11 is 0. The molecule has 1 atom stereocenters. The maximum absolute atomic E-state index is 11.6. The van der Waals surface area contributed by atoms with Crippen LogP contribution in [0.4, 0.5) is 0 Å². The monoisotopic (exact) mass is 290 g/mol. The van der Waals surface area contributed by atoms with Crippen molar-refractivity contribution < 1.29 is 14.6 Å². The lowest BCUT2D eigenvalue weighted by Gasteiger charge is -2.28. The predicted molar refractivity (Wildman–Crippen MR) is 80.5 cm³/mol. The average Bonchev–Trinajstić information content (AvgIpc) is 2.53. The molecule has 1 aliphatic rings. The molecule has 0 amide bonds. The molecule has 0 radical (unpaired) electrons. The third-order valence-electron chi connectivity index (χ3n) is 3.43. The molecule has 1 aliphatic heterocycles. The minimum Gasteiger partial charge on any atom is -0.460 e. The first kappa shape index (κ1) is 15.7. The van der Waals surface area contributed by atoms with Crippen molar-refractivity contribution >= 4 is 12.0 Å². The topological polar surface area (TPSA) is 62.7 Å². The van der Waals surface area contributed by atoms with Crippen LogP contribution in [-0.4, -0.2) is 53.3 Å². The summed E-state index contributed by atoms with van der Waals surface area (Å²) in [6.07, 6.45) is 9.33. The van der Waals surface area contributed by atoms with Crippen LogP contribution in [-0.2, 0) is 9.53 Å². The largest absolute Gasteiger partial charge is 0.460 e. The number of piperidine rings is 1. The van der Waals surface area contributed by atoms with Crippen LogP contribution >= 0.6 is 0 Å². The Kier molecular flexibility index (Phi) is 6.37. The second kappa shape index (κ2) is 8.54. The van der Waals surface area contributed by atoms with Gasteiger partial charge in [0.1, 0.15) is 12.7 Å². The molecule has 1 aromatic heterocycles. The number of likely N-dealkylation sites (tertiary alicyclic amines) is 1. The number of hydrogen-bond acceptors (Lipinski definition) is 5. The van der Waals surface area contributed by atoms with E-state index in [1.807, 2.05) is 6.07 Å². The molecule has 2 rings (SSSR count). The average molecular weight is 290 g/mol. The van der Waals surface area contributed by atoms with Gasteiger partial charge in [-0.05, 0) is 43.6 Å². The number of ether oxygens (including phenoxy) is 1. The van der Waals surface area contributed by atoms with Crippen molar-refractivity contribution in [2.75, 3.05) is 26.2 Å². The van der Waals surface area contributed by atoms with Gasteiger partial charge in [0, 0.05) is 25.0 Å². The molecule has 114 valence electrons. The van der Waals surface area contributed by atoms with Gasteiger partial charge in [0.05, 0.1) is 0 Å². The van der Waals surface area contributed by atoms with E-state index in [-0.39, 0.29) is 6.61 Å². The SMILES string of the molecule is O=C(C=Cc1cccnc1)OCC(O)CN1CCCCC1. The van der Waals surface area contributed by atoms with Crippen LogP contribution in [0.2, 0.25) is 0 Å². The number of aliphatic hydroxyl groups excluding tert-OH is 1. The molecule has 5 nitrogen and oxygen atoms in total. The maximum atomic E-state index is 11.6. The van der Waals surface area contributed by atoms with Crippen LogP contribution in [0.1, 0.15) is 24.8 Å². The first-order valence-electron chi connectivity index (χ1n) is 7.39. The lowest BCUT2D eigenvalue weighted by atomic mass is 10.1. The van der Waals surface area contributed by atoms with Crippen LogP contribution < -0.4 is 0 Å². The van der Waals surface area contributed by atoms with Crippen LogP contribution in [0.5, 0.6) is 0 Å². The minimum absolute atomic E-state index is 0.0344. The summed E-state index contributed by atoms with van der Waals surface area (Å²) in [5.41, 5.74) is 0.836. The number of nitrogens with zero attached hydrogens (tertiary/aromatic N) is 2. The number of aliphatic hydroxyl groups is 1. The Labute approximate surface area is 125 Å². The van der Waals surface area contributed by atoms with E-state index in [0.717, 1.165) is 18.7 Å². The van der Waals surface area contributed by atoms with E-state index in [2.05, 4.69) is 9.88 Å². The van der Waals surface area contributed by atoms with E-state index in [1.54, 1.807) is 24.5 Å². The minimum atomic E-state index is -0.626. The number of aromatic nitrogens is 1. The van der Waals surface area contributed by atoms with Gasteiger partial charge in [-0.1, -0.05) is 12.5 Å². The quantitative estimate of drug-likeness (QED) is 0.635. The van der Waals surface area contributed by atoms with Gasteiger partial charge in [-0.2, -0.15) is 0 Å². The van der Waals surface area contributed by atoms with Crippen LogP contribution in [0, 0.1) is 0 Å². The van der Waals surface area contributed by atoms with Crippen molar-refractivity contribution in [2.24, 2.45) is 0 Å². The molecular weight excluding hydrogens is 268 g/mol. The number of carbonyl (C=O) groups is 1. The fourth-order valence-electron chi connectivity index (χ4n) is 2.36. The van der Waals surface area contributed by atoms with Gasteiger partial charge in [-0.15, -0.1) is 0 Å². The number of β-amino-alcohol motifs (C(OH)–C–C–N with tert-alkyl or cyclic N) is 1. The highest BCUT2D eigenvalue weighted by molar-refractivity contribution is 5.86. The van der Waals surface area contributed by atoms with Crippen LogP contribution in [0.15, 0.2) is 30.6 Å². The molecule has 1 N–H and O–H groups in total. The number of pyridine rings is 1. The highest BCUT2D eigenvalue weighted by atomic mass is 16.5. The molecule has 1 unspecified atom stereocenters. The molecule has 21 heavy (non-hydrogen) atoms. The molecular formula is C16H22N2O3. The van der Waals surface area contributed by atoms with Gasteiger partial charge < -0.3 is 14.7 Å². The molecule has 5 heteroatoms. The fourth-order valence-corrected chi connectivity index (χ4v) is 2.36. The molecule has 1 fully saturated rings. The first-order valence-corrected chi connectivity index (χ1v) is 7.39. The summed E-state index contributed by atoms with van der Waals surface area (Å²) in [5.74, 6) is -0.448. The summed E-state index contributed by atoms with van der Waals surface area (Å²) in [5, 5.41) is 9.88. The smallest absolute Gasteiger partial charge is 0.330 e. The van der Waals surface area contributed by atoms with Gasteiger partial charge in [0.15, 0.2) is 0 Å². The molecule has 0 saturated carbocycles. The van der Waals surface area contributed by atoms with Gasteiger partial charge in [0.25, 0.3) is 0 Å². The summed E-state index contributed by atoms with van der Waals surface area (Å²) < 4.78 is 5.04. The zero-order valence-corrected chi connectivity index (χ0v) is 12.1. The zero-order valence-electron chi connectivity index (χ0n) is 12.1. The Morgan fingerprint density at radius 2 is 2.24 bits per heavy atom. The summed E-state index contributed by atoms with van der Waals surface area (Å²) in [7, 11) is 0. The molecule has 0 bridgehead atoms. The second-order valence-electron chi connectivity index (χ2n) is 5.26. The normalized spacial score (nSPS) is 17.8. The lowest BCUT2D eigenvalue weighted by molar-refractivity contribution is -0.141. The van der Waals surface area contributed by atoms with Crippen molar-refractivity contribution in [3.63, 3.8) is 0 Å². The first-order chi connectivity index (χ1) is 10.2. The molecule has 0 aliphatic carbocycles. The van der Waals surface area contributed by atoms with Crippen molar-refractivity contribution in [1.82, 2.24) is 9.88 Å². The van der Waals surface area contributed by atoms with Crippen LogP contribution in [0.25, 0.3) is 6.08 Å². The standard InChI is InChI=1S/C16H22N2O3/c19-15(12-18-9-2-1-3-10-18)13-21-16(20)7-6-14-5-4-8-17-11-14/h4-8,11,15,19H,1-3,9-10,12-13H2. The van der Waals surface area contributed by atoms with Crippen molar-refractivity contribution in [1.29, 1.82) is 0 Å². The lowest BCUT2D eigenvalue weighted by Crippen LogP contribution is -2.38. The van der Waals surface area contributed by atoms with Crippen molar-refractivity contribution in [3.05, 3.63) is 36.2 Å².